The molecule has 20 heavy (non-hydrogen) atoms. The van der Waals surface area contributed by atoms with Crippen LogP contribution in [-0.4, -0.2) is 9.91 Å². The van der Waals surface area contributed by atoms with Gasteiger partial charge in [0, 0.05) is 31.0 Å². The highest BCUT2D eigenvalue weighted by molar-refractivity contribution is 9.10. The first-order chi connectivity index (χ1) is 9.58. The number of nitro groups is 1. The molecule has 1 atom stereocenters. The van der Waals surface area contributed by atoms with Gasteiger partial charge in [-0.25, -0.2) is 0 Å². The fourth-order valence-electron chi connectivity index (χ4n) is 1.83. The predicted octanol–water partition coefficient (Wildman–Crippen LogP) is 3.60. The van der Waals surface area contributed by atoms with Crippen LogP contribution in [0.3, 0.4) is 0 Å². The number of pyridine rings is 1. The van der Waals surface area contributed by atoms with Crippen molar-refractivity contribution in [1.29, 1.82) is 0 Å². The van der Waals surface area contributed by atoms with Crippen molar-refractivity contribution >= 4 is 21.6 Å². The molecule has 0 spiro atoms. The highest BCUT2D eigenvalue weighted by Crippen LogP contribution is 2.25. The summed E-state index contributed by atoms with van der Waals surface area (Å²) in [5.41, 5.74) is 2.04. The zero-order chi connectivity index (χ0) is 14.5. The Bertz CT molecular complexity index is 605. The Kier molecular flexibility index (Phi) is 4.81. The number of nitrogens with zero attached hydrogens (tertiary/aromatic N) is 2. The Balaban J connectivity index is 2.04. The van der Waals surface area contributed by atoms with Crippen LogP contribution < -0.4 is 5.32 Å². The molecule has 5 nitrogen and oxygen atoms in total. The smallest absolute Gasteiger partial charge is 0.283 e. The molecule has 6 heteroatoms. The second-order valence-electron chi connectivity index (χ2n) is 4.43. The van der Waals surface area contributed by atoms with E-state index in [-0.39, 0.29) is 11.7 Å². The lowest BCUT2D eigenvalue weighted by molar-refractivity contribution is -0.385. The number of aromatic nitrogens is 1. The minimum Gasteiger partial charge on any atom is -0.306 e. The van der Waals surface area contributed by atoms with Gasteiger partial charge in [0.2, 0.25) is 0 Å². The van der Waals surface area contributed by atoms with E-state index in [1.165, 1.54) is 0 Å². The van der Waals surface area contributed by atoms with Gasteiger partial charge in [0.05, 0.1) is 9.40 Å². The van der Waals surface area contributed by atoms with Gasteiger partial charge in [-0.3, -0.25) is 15.1 Å². The van der Waals surface area contributed by atoms with Gasteiger partial charge in [0.25, 0.3) is 5.69 Å². The van der Waals surface area contributed by atoms with Crippen LogP contribution in [0.1, 0.15) is 24.1 Å². The lowest BCUT2D eigenvalue weighted by atomic mass is 10.1. The number of benzene rings is 1. The van der Waals surface area contributed by atoms with Crippen LogP contribution in [-0.2, 0) is 6.54 Å². The zero-order valence-corrected chi connectivity index (χ0v) is 12.5. The van der Waals surface area contributed by atoms with Crippen LogP contribution in [0, 0.1) is 10.1 Å². The summed E-state index contributed by atoms with van der Waals surface area (Å²) in [4.78, 5) is 14.6. The number of halogens is 1. The lowest BCUT2D eigenvalue weighted by Crippen LogP contribution is -2.18. The first-order valence-corrected chi connectivity index (χ1v) is 6.93. The highest BCUT2D eigenvalue weighted by atomic mass is 79.9. The monoisotopic (exact) mass is 335 g/mol. The topological polar surface area (TPSA) is 68.1 Å². The Hall–Kier alpha value is -1.79. The van der Waals surface area contributed by atoms with Crippen molar-refractivity contribution in [2.75, 3.05) is 0 Å². The second kappa shape index (κ2) is 6.58. The fourth-order valence-corrected chi connectivity index (χ4v) is 2.22. The Morgan fingerprint density at radius 1 is 1.45 bits per heavy atom. The second-order valence-corrected chi connectivity index (χ2v) is 5.29. The molecule has 104 valence electrons. The third-order valence-electron chi connectivity index (χ3n) is 3.00. The molecule has 2 aromatic rings. The molecule has 0 amide bonds. The van der Waals surface area contributed by atoms with Gasteiger partial charge in [-0.15, -0.1) is 0 Å². The van der Waals surface area contributed by atoms with Gasteiger partial charge in [-0.2, -0.15) is 0 Å². The van der Waals surface area contributed by atoms with Crippen molar-refractivity contribution < 1.29 is 4.92 Å². The van der Waals surface area contributed by atoms with E-state index in [0.29, 0.717) is 11.0 Å². The molecule has 0 radical (unpaired) electrons. The van der Waals surface area contributed by atoms with Crippen LogP contribution in [0.15, 0.2) is 47.2 Å². The highest BCUT2D eigenvalue weighted by Gasteiger charge is 2.12. The first kappa shape index (κ1) is 14.6. The zero-order valence-electron chi connectivity index (χ0n) is 10.9. The van der Waals surface area contributed by atoms with E-state index in [0.717, 1.165) is 11.1 Å². The molecule has 2 rings (SSSR count). The lowest BCUT2D eigenvalue weighted by Gasteiger charge is -2.13. The normalized spacial score (nSPS) is 12.1. The van der Waals surface area contributed by atoms with Crippen molar-refractivity contribution in [2.24, 2.45) is 0 Å². The Morgan fingerprint density at radius 3 is 2.90 bits per heavy atom. The molecule has 0 aliphatic carbocycles. The maximum Gasteiger partial charge on any atom is 0.283 e. The van der Waals surface area contributed by atoms with Gasteiger partial charge in [0.1, 0.15) is 0 Å². The summed E-state index contributed by atoms with van der Waals surface area (Å²) in [7, 11) is 0. The largest absolute Gasteiger partial charge is 0.306 e. The number of nitrogens with one attached hydrogen (secondary N) is 1. The van der Waals surface area contributed by atoms with E-state index in [2.05, 4.69) is 26.2 Å². The molecule has 1 heterocycles. The van der Waals surface area contributed by atoms with Crippen molar-refractivity contribution in [3.8, 4) is 0 Å². The average molecular weight is 336 g/mol. The molecular weight excluding hydrogens is 322 g/mol. The standard InChI is InChI=1S/C14H14BrN3O2/c1-10(12-3-2-6-16-9-12)17-8-11-4-5-13(15)14(7-11)18(19)20/h2-7,9-10,17H,8H2,1H3/t10-/m1/s1. The molecule has 0 saturated carbocycles. The van der Waals surface area contributed by atoms with Gasteiger partial charge in [-0.1, -0.05) is 12.1 Å². The first-order valence-electron chi connectivity index (χ1n) is 6.14. The number of nitro benzene ring substituents is 1. The van der Waals surface area contributed by atoms with E-state index in [1.54, 1.807) is 18.3 Å². The molecule has 0 fully saturated rings. The van der Waals surface area contributed by atoms with Crippen molar-refractivity contribution in [3.63, 3.8) is 0 Å². The molecule has 0 unspecified atom stereocenters. The number of rotatable bonds is 5. The van der Waals surface area contributed by atoms with Crippen molar-refractivity contribution in [3.05, 3.63) is 68.4 Å². The van der Waals surface area contributed by atoms with E-state index < -0.39 is 4.92 Å². The van der Waals surface area contributed by atoms with Crippen LogP contribution in [0.2, 0.25) is 0 Å². The summed E-state index contributed by atoms with van der Waals surface area (Å²) >= 11 is 3.18. The maximum atomic E-state index is 10.9. The van der Waals surface area contributed by atoms with Gasteiger partial charge in [0.15, 0.2) is 0 Å². The summed E-state index contributed by atoms with van der Waals surface area (Å²) in [6.07, 6.45) is 3.54. The molecule has 0 aliphatic rings. The van der Waals surface area contributed by atoms with Gasteiger partial charge in [-0.05, 0) is 46.1 Å². The Morgan fingerprint density at radius 2 is 2.25 bits per heavy atom. The summed E-state index contributed by atoms with van der Waals surface area (Å²) in [5.74, 6) is 0. The third-order valence-corrected chi connectivity index (χ3v) is 3.67. The summed E-state index contributed by atoms with van der Waals surface area (Å²) in [6.45, 7) is 2.59. The van der Waals surface area contributed by atoms with Crippen LogP contribution >= 0.6 is 15.9 Å². The van der Waals surface area contributed by atoms with E-state index in [4.69, 9.17) is 0 Å². The molecular formula is C14H14BrN3O2. The van der Waals surface area contributed by atoms with E-state index in [1.807, 2.05) is 31.3 Å². The predicted molar refractivity (Wildman–Crippen MR) is 80.3 cm³/mol. The van der Waals surface area contributed by atoms with E-state index in [9.17, 15) is 10.1 Å². The number of hydrogen-bond donors (Lipinski definition) is 1. The van der Waals surface area contributed by atoms with Crippen molar-refractivity contribution in [1.82, 2.24) is 10.3 Å². The summed E-state index contributed by atoms with van der Waals surface area (Å²) in [5, 5.41) is 14.2. The van der Waals surface area contributed by atoms with Crippen LogP contribution in [0.25, 0.3) is 0 Å². The van der Waals surface area contributed by atoms with E-state index >= 15 is 0 Å². The maximum absolute atomic E-state index is 10.9. The molecule has 1 N–H and O–H groups in total. The summed E-state index contributed by atoms with van der Waals surface area (Å²) < 4.78 is 0.492. The van der Waals surface area contributed by atoms with Crippen LogP contribution in [0.5, 0.6) is 0 Å². The average Bonchev–Trinajstić information content (AvgIpc) is 2.46. The quantitative estimate of drug-likeness (QED) is 0.669. The minimum atomic E-state index is -0.391. The minimum absolute atomic E-state index is 0.0818. The molecule has 0 bridgehead atoms. The molecule has 1 aromatic heterocycles. The van der Waals surface area contributed by atoms with Gasteiger partial charge >= 0.3 is 0 Å². The number of hydrogen-bond acceptors (Lipinski definition) is 4. The fraction of sp³-hybridized carbons (Fsp3) is 0.214. The molecule has 0 aliphatic heterocycles. The third kappa shape index (κ3) is 3.61. The van der Waals surface area contributed by atoms with Crippen molar-refractivity contribution in [2.45, 2.75) is 19.5 Å². The molecule has 0 saturated heterocycles. The SMILES string of the molecule is C[C@@H](NCc1ccc(Br)c([N+](=O)[O-])c1)c1cccnc1. The van der Waals surface area contributed by atoms with Crippen LogP contribution in [0.4, 0.5) is 5.69 Å². The summed E-state index contributed by atoms with van der Waals surface area (Å²) in [6, 6.07) is 9.15. The Labute approximate surface area is 125 Å². The van der Waals surface area contributed by atoms with Gasteiger partial charge < -0.3 is 5.32 Å². The molecule has 1 aromatic carbocycles.